The van der Waals surface area contributed by atoms with Gasteiger partial charge in [-0.1, -0.05) is 0 Å². The first-order chi connectivity index (χ1) is 8.79. The van der Waals surface area contributed by atoms with E-state index in [-0.39, 0.29) is 0 Å². The van der Waals surface area contributed by atoms with Crippen molar-refractivity contribution >= 4 is 8.03 Å². The molecule has 1 saturated carbocycles. The molecule has 0 spiro atoms. The van der Waals surface area contributed by atoms with Crippen LogP contribution in [0.4, 0.5) is 0 Å². The molecule has 0 saturated heterocycles. The summed E-state index contributed by atoms with van der Waals surface area (Å²) in [6, 6.07) is 0. The molecular weight excluding hydrogens is 283 g/mol. The van der Waals surface area contributed by atoms with E-state index in [4.69, 9.17) is 14.7 Å². The van der Waals surface area contributed by atoms with Crippen LogP contribution < -0.4 is 0 Å². The number of hydrogen-bond donors (Lipinski definition) is 7. The summed E-state index contributed by atoms with van der Waals surface area (Å²) in [5, 5.41) is 64.9. The molecule has 0 heterocycles. The van der Waals surface area contributed by atoms with E-state index >= 15 is 0 Å². The fourth-order valence-corrected chi connectivity index (χ4v) is 2.80. The van der Waals surface area contributed by atoms with E-state index in [1.807, 2.05) is 0 Å². The van der Waals surface area contributed by atoms with Gasteiger partial charge in [0.15, 0.2) is 6.10 Å². The second kappa shape index (κ2) is 6.98. The molecule has 8 atom stereocenters. The molecule has 0 aromatic rings. The molecule has 0 bridgehead atoms. The van der Waals surface area contributed by atoms with Gasteiger partial charge in [-0.05, 0) is 4.57 Å². The molecule has 4 unspecified atom stereocenters. The van der Waals surface area contributed by atoms with Crippen molar-refractivity contribution in [2.24, 2.45) is 0 Å². The van der Waals surface area contributed by atoms with Crippen molar-refractivity contribution in [2.45, 2.75) is 42.7 Å². The monoisotopic (exact) mass is 301 g/mol. The van der Waals surface area contributed by atoms with Crippen LogP contribution in [0.15, 0.2) is 0 Å². The predicted molar refractivity (Wildman–Crippen MR) is 60.5 cm³/mol. The van der Waals surface area contributed by atoms with Gasteiger partial charge in [-0.25, -0.2) is 0 Å². The van der Waals surface area contributed by atoms with Gasteiger partial charge in [0.05, 0.1) is 6.61 Å². The first kappa shape index (κ1) is 16.8. The topological polar surface area (TPSA) is 168 Å². The molecule has 10 heteroatoms. The first-order valence-corrected chi connectivity index (χ1v) is 6.96. The Morgan fingerprint density at radius 2 is 1.37 bits per heavy atom. The van der Waals surface area contributed by atoms with Gasteiger partial charge in [-0.2, -0.15) is 0 Å². The second-order valence-corrected chi connectivity index (χ2v) is 5.62. The molecule has 19 heavy (non-hydrogen) atoms. The number of rotatable bonds is 5. The Morgan fingerprint density at radius 1 is 0.947 bits per heavy atom. The highest BCUT2D eigenvalue weighted by molar-refractivity contribution is 7.39. The van der Waals surface area contributed by atoms with Crippen molar-refractivity contribution in [3.8, 4) is 0 Å². The smallest absolute Gasteiger partial charge is 0.394 e. The van der Waals surface area contributed by atoms with Gasteiger partial charge in [0, 0.05) is 0 Å². The lowest BCUT2D eigenvalue weighted by Crippen LogP contribution is -2.63. The minimum absolute atomic E-state index is 0.434. The van der Waals surface area contributed by atoms with Crippen molar-refractivity contribution < 1.29 is 44.8 Å². The highest BCUT2D eigenvalue weighted by Crippen LogP contribution is 2.33. The van der Waals surface area contributed by atoms with E-state index in [2.05, 4.69) is 0 Å². The largest absolute Gasteiger partial charge is 0.511 e. The Morgan fingerprint density at radius 3 is 1.79 bits per heavy atom. The average Bonchev–Trinajstić information content (AvgIpc) is 2.39. The molecular formula is C9H18O9P+. The average molecular weight is 301 g/mol. The summed E-state index contributed by atoms with van der Waals surface area (Å²) < 4.78 is 16.3. The molecule has 1 rings (SSSR count). The van der Waals surface area contributed by atoms with E-state index in [9.17, 15) is 30.1 Å². The maximum absolute atomic E-state index is 11.5. The zero-order chi connectivity index (χ0) is 14.7. The van der Waals surface area contributed by atoms with Gasteiger partial charge in [0.1, 0.15) is 36.6 Å². The fraction of sp³-hybridized carbons (Fsp3) is 1.00. The lowest BCUT2D eigenvalue weighted by Gasteiger charge is -2.39. The SMILES string of the molecule is O=[P+](CC(O)CO)OC1[C@@H](O)[C@H](O)C(O)[C@H](O)[C@@H]1O. The molecule has 1 aliphatic carbocycles. The molecule has 7 N–H and O–H groups in total. The van der Waals surface area contributed by atoms with Crippen LogP contribution in [-0.2, 0) is 9.09 Å². The van der Waals surface area contributed by atoms with Crippen molar-refractivity contribution in [1.29, 1.82) is 0 Å². The summed E-state index contributed by atoms with van der Waals surface area (Å²) in [4.78, 5) is 0. The van der Waals surface area contributed by atoms with Crippen molar-refractivity contribution in [2.75, 3.05) is 12.8 Å². The minimum atomic E-state index is -2.54. The lowest BCUT2D eigenvalue weighted by molar-refractivity contribution is -0.216. The molecule has 1 aliphatic rings. The van der Waals surface area contributed by atoms with Crippen LogP contribution in [-0.4, -0.2) is 91.2 Å². The van der Waals surface area contributed by atoms with Gasteiger partial charge in [-0.15, -0.1) is 4.52 Å². The zero-order valence-corrected chi connectivity index (χ0v) is 10.7. The van der Waals surface area contributed by atoms with Crippen molar-refractivity contribution in [1.82, 2.24) is 0 Å². The van der Waals surface area contributed by atoms with Crippen LogP contribution >= 0.6 is 8.03 Å². The van der Waals surface area contributed by atoms with Gasteiger partial charge < -0.3 is 35.7 Å². The van der Waals surface area contributed by atoms with E-state index in [1.54, 1.807) is 0 Å². The maximum Gasteiger partial charge on any atom is 0.511 e. The summed E-state index contributed by atoms with van der Waals surface area (Å²) >= 11 is 0. The van der Waals surface area contributed by atoms with Crippen LogP contribution in [0, 0.1) is 0 Å². The van der Waals surface area contributed by atoms with Crippen molar-refractivity contribution in [3.05, 3.63) is 0 Å². The normalized spacial score (nSPS) is 41.9. The Balaban J connectivity index is 2.67. The van der Waals surface area contributed by atoms with E-state index in [1.165, 1.54) is 0 Å². The molecule has 0 amide bonds. The Bertz CT molecular complexity index is 298. The van der Waals surface area contributed by atoms with E-state index in [0.29, 0.717) is 0 Å². The fourth-order valence-electron chi connectivity index (χ4n) is 1.73. The summed E-state index contributed by atoms with van der Waals surface area (Å²) in [5.74, 6) is 0. The van der Waals surface area contributed by atoms with Crippen LogP contribution in [0.25, 0.3) is 0 Å². The summed E-state index contributed by atoms with van der Waals surface area (Å²) in [6.07, 6.45) is -12.1. The third kappa shape index (κ3) is 3.88. The molecule has 0 aromatic carbocycles. The lowest BCUT2D eigenvalue weighted by atomic mass is 9.85. The zero-order valence-electron chi connectivity index (χ0n) is 9.85. The van der Waals surface area contributed by atoms with Gasteiger partial charge in [0.2, 0.25) is 6.16 Å². The Hall–Kier alpha value is -0.220. The Labute approximate surface area is 109 Å². The standard InChI is InChI=1S/C9H18O9P/c10-1-3(11)2-19(17)18-9-7(15)5(13)4(12)6(14)8(9)16/h3-16H,1-2H2/q+1/t3?,4?,5-,6+,7-,8-,9?/m0/s1. The third-order valence-corrected chi connectivity index (χ3v) is 4.08. The second-order valence-electron chi connectivity index (χ2n) is 4.37. The molecule has 1 fully saturated rings. The van der Waals surface area contributed by atoms with E-state index in [0.717, 1.165) is 0 Å². The molecule has 0 aromatic heterocycles. The van der Waals surface area contributed by atoms with Crippen LogP contribution in [0.5, 0.6) is 0 Å². The summed E-state index contributed by atoms with van der Waals surface area (Å²) in [5.41, 5.74) is 0. The quantitative estimate of drug-likeness (QED) is 0.252. The summed E-state index contributed by atoms with van der Waals surface area (Å²) in [6.45, 7) is -0.635. The number of hydrogen-bond acceptors (Lipinski definition) is 9. The number of aliphatic hydroxyl groups excluding tert-OH is 7. The summed E-state index contributed by atoms with van der Waals surface area (Å²) in [7, 11) is -2.54. The maximum atomic E-state index is 11.5. The molecule has 0 radical (unpaired) electrons. The predicted octanol–water partition coefficient (Wildman–Crippen LogP) is -3.71. The van der Waals surface area contributed by atoms with Gasteiger partial charge >= 0.3 is 8.03 Å². The van der Waals surface area contributed by atoms with Crippen molar-refractivity contribution in [3.63, 3.8) is 0 Å². The highest BCUT2D eigenvalue weighted by Gasteiger charge is 2.52. The molecule has 9 nitrogen and oxygen atoms in total. The minimum Gasteiger partial charge on any atom is -0.394 e. The van der Waals surface area contributed by atoms with E-state index < -0.39 is 63.5 Å². The Kier molecular flexibility index (Phi) is 6.18. The molecule has 0 aliphatic heterocycles. The molecule has 112 valence electrons. The first-order valence-electron chi connectivity index (χ1n) is 5.60. The van der Waals surface area contributed by atoms with Gasteiger partial charge in [0.25, 0.3) is 0 Å². The van der Waals surface area contributed by atoms with Crippen LogP contribution in [0.2, 0.25) is 0 Å². The van der Waals surface area contributed by atoms with Gasteiger partial charge in [-0.3, -0.25) is 0 Å². The number of aliphatic hydroxyl groups is 7. The third-order valence-electron chi connectivity index (χ3n) is 2.88. The van der Waals surface area contributed by atoms with Crippen LogP contribution in [0.3, 0.4) is 0 Å². The highest BCUT2D eigenvalue weighted by atomic mass is 31.1. The van der Waals surface area contributed by atoms with Crippen LogP contribution in [0.1, 0.15) is 0 Å².